The van der Waals surface area contributed by atoms with Gasteiger partial charge in [0.25, 0.3) is 0 Å². The lowest BCUT2D eigenvalue weighted by molar-refractivity contribution is -0.142. The first kappa shape index (κ1) is 13.2. The number of carbonyl (C=O) groups is 1. The summed E-state index contributed by atoms with van der Waals surface area (Å²) in [5.74, 6) is 0.358. The minimum atomic E-state index is -0.230. The molecule has 4 heteroatoms. The van der Waals surface area contributed by atoms with E-state index >= 15 is 0 Å². The van der Waals surface area contributed by atoms with Gasteiger partial charge in [-0.3, -0.25) is 9.69 Å². The highest BCUT2D eigenvalue weighted by Crippen LogP contribution is 2.31. The van der Waals surface area contributed by atoms with E-state index in [0.29, 0.717) is 5.91 Å². The van der Waals surface area contributed by atoms with E-state index in [0.717, 1.165) is 50.6 Å². The highest BCUT2D eigenvalue weighted by Gasteiger charge is 2.43. The Morgan fingerprint density at radius 2 is 1.94 bits per heavy atom. The van der Waals surface area contributed by atoms with Gasteiger partial charge in [0, 0.05) is 18.3 Å². The zero-order chi connectivity index (χ0) is 12.5. The molecule has 1 atom stereocenters. The van der Waals surface area contributed by atoms with E-state index in [4.69, 9.17) is 0 Å². The van der Waals surface area contributed by atoms with Crippen molar-refractivity contribution in [1.29, 1.82) is 0 Å². The summed E-state index contributed by atoms with van der Waals surface area (Å²) >= 11 is 1.94. The topological polar surface area (TPSA) is 23.6 Å². The van der Waals surface area contributed by atoms with E-state index < -0.39 is 0 Å². The Morgan fingerprint density at radius 3 is 2.41 bits per heavy atom. The van der Waals surface area contributed by atoms with Crippen molar-refractivity contribution in [2.75, 3.05) is 32.9 Å². The van der Waals surface area contributed by atoms with Gasteiger partial charge in [-0.1, -0.05) is 0 Å². The van der Waals surface area contributed by atoms with E-state index in [2.05, 4.69) is 30.0 Å². The van der Waals surface area contributed by atoms with Crippen LogP contribution in [0.25, 0.3) is 0 Å². The minimum absolute atomic E-state index is 0.230. The number of amides is 1. The summed E-state index contributed by atoms with van der Waals surface area (Å²) in [6.07, 6.45) is 6.67. The van der Waals surface area contributed by atoms with Gasteiger partial charge in [0.05, 0.1) is 5.54 Å². The molecular formula is C13H24N2OS. The van der Waals surface area contributed by atoms with Crippen LogP contribution in [0.4, 0.5) is 0 Å². The van der Waals surface area contributed by atoms with Crippen molar-refractivity contribution in [2.24, 2.45) is 0 Å². The van der Waals surface area contributed by atoms with Crippen molar-refractivity contribution in [3.8, 4) is 0 Å². The van der Waals surface area contributed by atoms with E-state index in [1.165, 1.54) is 0 Å². The standard InChI is InChI=1S/C13H24N2OS/c1-13(7-4-8-14(13)2)12(16)15-9-5-11(17-3)6-10-15/h11H,4-10H2,1-3H3. The first-order valence-electron chi connectivity index (χ1n) is 6.61. The molecule has 0 spiro atoms. The maximum absolute atomic E-state index is 12.6. The molecule has 2 heterocycles. The lowest BCUT2D eigenvalue weighted by atomic mass is 9.96. The van der Waals surface area contributed by atoms with Gasteiger partial charge in [0.2, 0.25) is 5.91 Å². The largest absolute Gasteiger partial charge is 0.341 e. The molecule has 1 unspecified atom stereocenters. The van der Waals surface area contributed by atoms with Gasteiger partial charge in [-0.15, -0.1) is 0 Å². The molecule has 17 heavy (non-hydrogen) atoms. The number of thioether (sulfide) groups is 1. The van der Waals surface area contributed by atoms with Crippen LogP contribution in [0.5, 0.6) is 0 Å². The molecule has 0 aromatic carbocycles. The number of likely N-dealkylation sites (tertiary alicyclic amines) is 2. The van der Waals surface area contributed by atoms with Crippen LogP contribution in [-0.2, 0) is 4.79 Å². The fraction of sp³-hybridized carbons (Fsp3) is 0.923. The highest BCUT2D eigenvalue weighted by atomic mass is 32.2. The molecule has 0 aliphatic carbocycles. The number of piperidine rings is 1. The average Bonchev–Trinajstić information content (AvgIpc) is 2.70. The summed E-state index contributed by atoms with van der Waals surface area (Å²) in [7, 11) is 2.08. The first-order valence-corrected chi connectivity index (χ1v) is 7.90. The normalized spacial score (nSPS) is 32.1. The van der Waals surface area contributed by atoms with Gasteiger partial charge in [0.15, 0.2) is 0 Å². The summed E-state index contributed by atoms with van der Waals surface area (Å²) in [5, 5.41) is 0.758. The number of nitrogens with zero attached hydrogens (tertiary/aromatic N) is 2. The molecule has 2 saturated heterocycles. The number of likely N-dealkylation sites (N-methyl/N-ethyl adjacent to an activating group) is 1. The van der Waals surface area contributed by atoms with Gasteiger partial charge in [-0.25, -0.2) is 0 Å². The number of hydrogen-bond acceptors (Lipinski definition) is 3. The van der Waals surface area contributed by atoms with Crippen LogP contribution in [0.1, 0.15) is 32.6 Å². The van der Waals surface area contributed by atoms with Crippen LogP contribution in [0, 0.1) is 0 Å². The van der Waals surface area contributed by atoms with Crippen molar-refractivity contribution in [3.05, 3.63) is 0 Å². The van der Waals surface area contributed by atoms with Gasteiger partial charge in [-0.05, 0) is 52.5 Å². The Morgan fingerprint density at radius 1 is 1.29 bits per heavy atom. The van der Waals surface area contributed by atoms with Crippen LogP contribution in [0.3, 0.4) is 0 Å². The van der Waals surface area contributed by atoms with Crippen molar-refractivity contribution in [2.45, 2.75) is 43.4 Å². The summed E-state index contributed by atoms with van der Waals surface area (Å²) in [4.78, 5) is 16.9. The summed E-state index contributed by atoms with van der Waals surface area (Å²) in [6.45, 7) is 5.08. The van der Waals surface area contributed by atoms with Crippen LogP contribution < -0.4 is 0 Å². The zero-order valence-corrected chi connectivity index (χ0v) is 12.1. The smallest absolute Gasteiger partial charge is 0.242 e. The molecule has 2 aliphatic rings. The fourth-order valence-electron chi connectivity index (χ4n) is 3.00. The maximum Gasteiger partial charge on any atom is 0.242 e. The third kappa shape index (κ3) is 2.48. The van der Waals surface area contributed by atoms with E-state index in [-0.39, 0.29) is 5.54 Å². The number of carbonyl (C=O) groups excluding carboxylic acids is 1. The lowest BCUT2D eigenvalue weighted by Crippen LogP contribution is -2.55. The van der Waals surface area contributed by atoms with Gasteiger partial charge < -0.3 is 4.90 Å². The van der Waals surface area contributed by atoms with Crippen molar-refractivity contribution < 1.29 is 4.79 Å². The molecule has 0 radical (unpaired) electrons. The zero-order valence-electron chi connectivity index (χ0n) is 11.2. The van der Waals surface area contributed by atoms with Gasteiger partial charge in [-0.2, -0.15) is 11.8 Å². The predicted octanol–water partition coefficient (Wildman–Crippen LogP) is 1.82. The highest BCUT2D eigenvalue weighted by molar-refractivity contribution is 7.99. The maximum atomic E-state index is 12.6. The van der Waals surface area contributed by atoms with Crippen molar-refractivity contribution in [3.63, 3.8) is 0 Å². The third-order valence-electron chi connectivity index (χ3n) is 4.52. The SMILES string of the molecule is CSC1CCN(C(=O)C2(C)CCCN2C)CC1. The molecule has 2 rings (SSSR count). The summed E-state index contributed by atoms with van der Waals surface area (Å²) in [6, 6.07) is 0. The summed E-state index contributed by atoms with van der Waals surface area (Å²) in [5.41, 5.74) is -0.230. The minimum Gasteiger partial charge on any atom is -0.341 e. The molecular weight excluding hydrogens is 232 g/mol. The molecule has 1 amide bonds. The van der Waals surface area contributed by atoms with Crippen LogP contribution in [0.15, 0.2) is 0 Å². The number of hydrogen-bond donors (Lipinski definition) is 0. The Bertz CT molecular complexity index is 289. The second-order valence-electron chi connectivity index (χ2n) is 5.53. The quantitative estimate of drug-likeness (QED) is 0.753. The van der Waals surface area contributed by atoms with Gasteiger partial charge in [0.1, 0.15) is 0 Å². The summed E-state index contributed by atoms with van der Waals surface area (Å²) < 4.78 is 0. The monoisotopic (exact) mass is 256 g/mol. The molecule has 0 aromatic heterocycles. The molecule has 98 valence electrons. The fourth-order valence-corrected chi connectivity index (χ4v) is 3.69. The van der Waals surface area contributed by atoms with Crippen LogP contribution >= 0.6 is 11.8 Å². The molecule has 0 N–H and O–H groups in total. The second-order valence-corrected chi connectivity index (χ2v) is 6.66. The van der Waals surface area contributed by atoms with Gasteiger partial charge >= 0.3 is 0 Å². The second kappa shape index (κ2) is 5.19. The van der Waals surface area contributed by atoms with Crippen LogP contribution in [0.2, 0.25) is 0 Å². The number of rotatable bonds is 2. The van der Waals surface area contributed by atoms with Crippen molar-refractivity contribution in [1.82, 2.24) is 9.80 Å². The predicted molar refractivity (Wildman–Crippen MR) is 73.4 cm³/mol. The van der Waals surface area contributed by atoms with E-state index in [9.17, 15) is 4.79 Å². The molecule has 3 nitrogen and oxygen atoms in total. The lowest BCUT2D eigenvalue weighted by Gasteiger charge is -2.39. The molecule has 0 bridgehead atoms. The van der Waals surface area contributed by atoms with E-state index in [1.54, 1.807) is 0 Å². The molecule has 2 aliphatic heterocycles. The Balaban J connectivity index is 1.97. The molecule has 0 saturated carbocycles. The average molecular weight is 256 g/mol. The molecule has 2 fully saturated rings. The van der Waals surface area contributed by atoms with Crippen molar-refractivity contribution >= 4 is 17.7 Å². The Labute approximate surface area is 109 Å². The van der Waals surface area contributed by atoms with Crippen LogP contribution in [-0.4, -0.2) is 59.4 Å². The first-order chi connectivity index (χ1) is 8.08. The van der Waals surface area contributed by atoms with E-state index in [1.807, 2.05) is 11.8 Å². The third-order valence-corrected chi connectivity index (χ3v) is 5.66. The molecule has 0 aromatic rings. The Hall–Kier alpha value is -0.220. The Kier molecular flexibility index (Phi) is 4.03.